The third-order valence-corrected chi connectivity index (χ3v) is 4.88. The Hall–Kier alpha value is -1.28. The van der Waals surface area contributed by atoms with Gasteiger partial charge in [0, 0.05) is 4.75 Å². The van der Waals surface area contributed by atoms with Crippen molar-refractivity contribution in [3.8, 4) is 0 Å². The van der Waals surface area contributed by atoms with Gasteiger partial charge in [-0.2, -0.15) is 0 Å². The molecule has 17 heavy (non-hydrogen) atoms. The van der Waals surface area contributed by atoms with Crippen molar-refractivity contribution >= 4 is 29.5 Å². The Morgan fingerprint density at radius 3 is 2.41 bits per heavy atom. The van der Waals surface area contributed by atoms with Gasteiger partial charge < -0.3 is 21.5 Å². The zero-order chi connectivity index (χ0) is 13.2. The van der Waals surface area contributed by atoms with E-state index in [9.17, 15) is 14.4 Å². The summed E-state index contributed by atoms with van der Waals surface area (Å²) in [7, 11) is 0. The van der Waals surface area contributed by atoms with E-state index >= 15 is 0 Å². The SMILES string of the molecule is CC1(C)S[C@H]2N(C(=O)C2(N)C(N)=O)[C@H]1C(=O)O. The number of carboxylic acids is 1. The zero-order valence-electron chi connectivity index (χ0n) is 9.34. The first-order chi connectivity index (χ1) is 7.64. The monoisotopic (exact) mass is 259 g/mol. The number of carbonyl (C=O) groups is 3. The Kier molecular flexibility index (Phi) is 2.25. The summed E-state index contributed by atoms with van der Waals surface area (Å²) in [6.45, 7) is 3.40. The second-order valence-electron chi connectivity index (χ2n) is 4.76. The molecule has 0 spiro atoms. The number of hydrogen-bond donors (Lipinski definition) is 3. The quantitative estimate of drug-likeness (QED) is 0.401. The molecule has 0 aromatic heterocycles. The molecule has 2 aliphatic heterocycles. The number of fused-ring (bicyclic) bond motifs is 1. The Bertz CT molecular complexity index is 438. The summed E-state index contributed by atoms with van der Waals surface area (Å²) in [5, 5.41) is 8.44. The molecule has 8 heteroatoms. The molecule has 0 bridgehead atoms. The van der Waals surface area contributed by atoms with E-state index in [0.29, 0.717) is 0 Å². The van der Waals surface area contributed by atoms with Gasteiger partial charge in [0.15, 0.2) is 0 Å². The number of hydrogen-bond acceptors (Lipinski definition) is 5. The van der Waals surface area contributed by atoms with Crippen LogP contribution >= 0.6 is 11.8 Å². The molecule has 94 valence electrons. The number of thioether (sulfide) groups is 1. The Morgan fingerprint density at radius 1 is 1.47 bits per heavy atom. The highest BCUT2D eigenvalue weighted by molar-refractivity contribution is 8.01. The summed E-state index contributed by atoms with van der Waals surface area (Å²) >= 11 is 1.19. The molecule has 0 aromatic rings. The van der Waals surface area contributed by atoms with Crippen molar-refractivity contribution in [3.05, 3.63) is 0 Å². The van der Waals surface area contributed by atoms with Crippen molar-refractivity contribution in [3.63, 3.8) is 0 Å². The van der Waals surface area contributed by atoms with Gasteiger partial charge in [-0.25, -0.2) is 4.79 Å². The molecule has 1 unspecified atom stereocenters. The molecular formula is C9H13N3O4S. The number of amides is 2. The highest BCUT2D eigenvalue weighted by atomic mass is 32.2. The fraction of sp³-hybridized carbons (Fsp3) is 0.667. The van der Waals surface area contributed by atoms with E-state index in [1.165, 1.54) is 11.8 Å². The van der Waals surface area contributed by atoms with Crippen LogP contribution in [0.5, 0.6) is 0 Å². The van der Waals surface area contributed by atoms with Crippen LogP contribution < -0.4 is 11.5 Å². The van der Waals surface area contributed by atoms with Crippen LogP contribution in [0, 0.1) is 0 Å². The molecule has 2 rings (SSSR count). The van der Waals surface area contributed by atoms with E-state index in [2.05, 4.69) is 0 Å². The Labute approximate surface area is 101 Å². The fourth-order valence-electron chi connectivity index (χ4n) is 2.31. The second-order valence-corrected chi connectivity index (χ2v) is 6.49. The van der Waals surface area contributed by atoms with Gasteiger partial charge >= 0.3 is 5.97 Å². The Morgan fingerprint density at radius 2 is 2.00 bits per heavy atom. The minimum absolute atomic E-state index is 0.691. The molecule has 3 atom stereocenters. The summed E-state index contributed by atoms with van der Waals surface area (Å²) in [4.78, 5) is 35.4. The number of nitrogens with zero attached hydrogens (tertiary/aromatic N) is 1. The van der Waals surface area contributed by atoms with Gasteiger partial charge in [0.25, 0.3) is 5.91 Å². The highest BCUT2D eigenvalue weighted by Crippen LogP contribution is 2.53. The predicted molar refractivity (Wildman–Crippen MR) is 59.8 cm³/mol. The molecule has 2 heterocycles. The topological polar surface area (TPSA) is 127 Å². The lowest BCUT2D eigenvalue weighted by atomic mass is 9.85. The van der Waals surface area contributed by atoms with Crippen molar-refractivity contribution in [2.24, 2.45) is 11.5 Å². The first kappa shape index (κ1) is 12.2. The van der Waals surface area contributed by atoms with E-state index in [0.717, 1.165) is 4.90 Å². The largest absolute Gasteiger partial charge is 0.480 e. The molecular weight excluding hydrogens is 246 g/mol. The van der Waals surface area contributed by atoms with Gasteiger partial charge in [-0.05, 0) is 13.8 Å². The van der Waals surface area contributed by atoms with Crippen molar-refractivity contribution in [1.29, 1.82) is 0 Å². The van der Waals surface area contributed by atoms with E-state index in [1.54, 1.807) is 13.8 Å². The first-order valence-corrected chi connectivity index (χ1v) is 5.84. The smallest absolute Gasteiger partial charge is 0.327 e. The average Bonchev–Trinajstić information content (AvgIpc) is 2.46. The second kappa shape index (κ2) is 3.14. The number of primary amides is 1. The summed E-state index contributed by atoms with van der Waals surface area (Å²) in [6.07, 6.45) is 0. The van der Waals surface area contributed by atoms with E-state index in [4.69, 9.17) is 16.6 Å². The predicted octanol–water partition coefficient (Wildman–Crippen LogP) is -1.68. The summed E-state index contributed by atoms with van der Waals surface area (Å²) in [6, 6.07) is -0.985. The lowest BCUT2D eigenvalue weighted by Crippen LogP contribution is -2.82. The van der Waals surface area contributed by atoms with E-state index in [1.807, 2.05) is 0 Å². The maximum Gasteiger partial charge on any atom is 0.327 e. The van der Waals surface area contributed by atoms with Gasteiger partial charge in [-0.15, -0.1) is 11.8 Å². The highest BCUT2D eigenvalue weighted by Gasteiger charge is 2.72. The maximum atomic E-state index is 11.8. The maximum absolute atomic E-state index is 11.8. The lowest BCUT2D eigenvalue weighted by molar-refractivity contribution is -0.168. The third-order valence-electron chi connectivity index (χ3n) is 3.22. The number of carbonyl (C=O) groups excluding carboxylic acids is 2. The molecule has 0 radical (unpaired) electrons. The third kappa shape index (κ3) is 1.25. The van der Waals surface area contributed by atoms with Gasteiger partial charge in [0.2, 0.25) is 11.4 Å². The number of β-lactam (4-membered cyclic amide) rings is 1. The normalized spacial score (nSPS) is 38.5. The van der Waals surface area contributed by atoms with Crippen LogP contribution in [-0.4, -0.2) is 49.5 Å². The minimum atomic E-state index is -1.77. The minimum Gasteiger partial charge on any atom is -0.480 e. The van der Waals surface area contributed by atoms with Gasteiger partial charge in [0.1, 0.15) is 11.4 Å². The summed E-state index contributed by atoms with van der Waals surface area (Å²) in [5.41, 5.74) is 9.02. The van der Waals surface area contributed by atoms with Crippen LogP contribution in [0.1, 0.15) is 13.8 Å². The zero-order valence-corrected chi connectivity index (χ0v) is 10.2. The van der Waals surface area contributed by atoms with Crippen LogP contribution in [0.25, 0.3) is 0 Å². The standard InChI is InChI=1S/C9H13N3O4S/c1-8(2)3(4(13)14)12-6(16)9(11,5(10)15)7(12)17-8/h3,7H,11H2,1-2H3,(H2,10,15)(H,13,14)/t3-,7+,9?/m0/s1. The molecule has 0 aromatic carbocycles. The molecule has 7 nitrogen and oxygen atoms in total. The molecule has 2 aliphatic rings. The number of carboxylic acid groups (broad SMARTS) is 1. The number of aliphatic carboxylic acids is 1. The van der Waals surface area contributed by atoms with Crippen LogP contribution in [0.4, 0.5) is 0 Å². The van der Waals surface area contributed by atoms with Gasteiger partial charge in [-0.1, -0.05) is 0 Å². The molecule has 0 aliphatic carbocycles. The van der Waals surface area contributed by atoms with Crippen molar-refractivity contribution in [2.45, 2.75) is 35.5 Å². The molecule has 0 saturated carbocycles. The Balaban J connectivity index is 2.41. The summed E-state index contributed by atoms with van der Waals surface area (Å²) in [5.74, 6) is -2.73. The molecule has 2 saturated heterocycles. The summed E-state index contributed by atoms with van der Waals surface area (Å²) < 4.78 is -0.706. The average molecular weight is 259 g/mol. The lowest BCUT2D eigenvalue weighted by Gasteiger charge is -2.48. The van der Waals surface area contributed by atoms with Crippen LogP contribution in [0.15, 0.2) is 0 Å². The van der Waals surface area contributed by atoms with Crippen molar-refractivity contribution in [2.75, 3.05) is 0 Å². The molecule has 5 N–H and O–H groups in total. The van der Waals surface area contributed by atoms with Crippen molar-refractivity contribution in [1.82, 2.24) is 4.90 Å². The fourth-order valence-corrected chi connectivity index (χ4v) is 3.96. The molecule has 2 amide bonds. The van der Waals surface area contributed by atoms with Crippen LogP contribution in [-0.2, 0) is 14.4 Å². The van der Waals surface area contributed by atoms with E-state index in [-0.39, 0.29) is 0 Å². The number of rotatable bonds is 2. The number of nitrogens with two attached hydrogens (primary N) is 2. The first-order valence-electron chi connectivity index (χ1n) is 4.96. The van der Waals surface area contributed by atoms with Gasteiger partial charge in [-0.3, -0.25) is 9.59 Å². The van der Waals surface area contributed by atoms with Crippen LogP contribution in [0.2, 0.25) is 0 Å². The molecule has 2 fully saturated rings. The van der Waals surface area contributed by atoms with E-state index < -0.39 is 39.5 Å². The van der Waals surface area contributed by atoms with Crippen molar-refractivity contribution < 1.29 is 19.5 Å². The van der Waals surface area contributed by atoms with Gasteiger partial charge in [0.05, 0.1) is 0 Å². The van der Waals surface area contributed by atoms with Crippen LogP contribution in [0.3, 0.4) is 0 Å².